The standard InChI is InChI=1S/C15H29N3O2.2ClH/c1-12-14(16-8-11-20-12)15(19)18(3)10-7-13-6-4-5-9-17(13)2;;/h12-14,16H,4-11H2,1-3H3;2*1H/t12-,13?,14+;;/m1../s1. The number of piperidine rings is 1. The van der Waals surface area contributed by atoms with E-state index < -0.39 is 0 Å². The molecule has 22 heavy (non-hydrogen) atoms. The van der Waals surface area contributed by atoms with Gasteiger partial charge >= 0.3 is 0 Å². The third-order valence-corrected chi connectivity index (χ3v) is 4.68. The Kier molecular flexibility index (Phi) is 10.6. The van der Waals surface area contributed by atoms with Crippen molar-refractivity contribution in [2.45, 2.75) is 50.8 Å². The molecule has 0 aromatic rings. The second kappa shape index (κ2) is 10.7. The fourth-order valence-corrected chi connectivity index (χ4v) is 3.21. The summed E-state index contributed by atoms with van der Waals surface area (Å²) in [6.45, 7) is 5.45. The third-order valence-electron chi connectivity index (χ3n) is 4.68. The highest BCUT2D eigenvalue weighted by Gasteiger charge is 2.30. The highest BCUT2D eigenvalue weighted by molar-refractivity contribution is 5.85. The molecule has 1 amide bonds. The first kappa shape index (κ1) is 21.9. The quantitative estimate of drug-likeness (QED) is 0.830. The van der Waals surface area contributed by atoms with E-state index >= 15 is 0 Å². The van der Waals surface area contributed by atoms with Gasteiger partial charge in [0.2, 0.25) is 5.91 Å². The summed E-state index contributed by atoms with van der Waals surface area (Å²) < 4.78 is 5.56. The lowest BCUT2D eigenvalue weighted by Gasteiger charge is -2.35. The topological polar surface area (TPSA) is 44.8 Å². The van der Waals surface area contributed by atoms with Crippen molar-refractivity contribution in [3.05, 3.63) is 0 Å². The van der Waals surface area contributed by atoms with E-state index in [1.165, 1.54) is 25.8 Å². The zero-order chi connectivity index (χ0) is 14.5. The lowest BCUT2D eigenvalue weighted by molar-refractivity contribution is -0.138. The number of rotatable bonds is 4. The van der Waals surface area contributed by atoms with Crippen LogP contribution in [0.3, 0.4) is 0 Å². The Hall–Kier alpha value is -0.0700. The maximum Gasteiger partial charge on any atom is 0.242 e. The minimum Gasteiger partial charge on any atom is -0.375 e. The van der Waals surface area contributed by atoms with Crippen LogP contribution in [-0.2, 0) is 9.53 Å². The van der Waals surface area contributed by atoms with Crippen molar-refractivity contribution in [2.75, 3.05) is 40.3 Å². The molecule has 2 rings (SSSR count). The number of likely N-dealkylation sites (N-methyl/N-ethyl adjacent to an activating group) is 1. The monoisotopic (exact) mass is 355 g/mol. The Morgan fingerprint density at radius 2 is 2.09 bits per heavy atom. The fraction of sp³-hybridized carbons (Fsp3) is 0.933. The van der Waals surface area contributed by atoms with Gasteiger partial charge in [-0.25, -0.2) is 0 Å². The molecule has 2 aliphatic heterocycles. The molecule has 3 atom stereocenters. The molecule has 132 valence electrons. The van der Waals surface area contributed by atoms with Crippen LogP contribution in [0.15, 0.2) is 0 Å². The number of carbonyl (C=O) groups is 1. The molecule has 2 saturated heterocycles. The molecule has 7 heteroatoms. The first-order valence-electron chi connectivity index (χ1n) is 7.90. The van der Waals surface area contributed by atoms with Gasteiger partial charge in [-0.05, 0) is 39.8 Å². The molecular weight excluding hydrogens is 325 g/mol. The highest BCUT2D eigenvalue weighted by Crippen LogP contribution is 2.18. The maximum atomic E-state index is 12.4. The van der Waals surface area contributed by atoms with Gasteiger partial charge in [-0.2, -0.15) is 0 Å². The summed E-state index contributed by atoms with van der Waals surface area (Å²) in [7, 11) is 4.11. The summed E-state index contributed by atoms with van der Waals surface area (Å²) in [5.74, 6) is 0.163. The highest BCUT2D eigenvalue weighted by atomic mass is 35.5. The summed E-state index contributed by atoms with van der Waals surface area (Å²) >= 11 is 0. The predicted octanol–water partition coefficient (Wildman–Crippen LogP) is 1.54. The van der Waals surface area contributed by atoms with Crippen LogP contribution in [0.2, 0.25) is 0 Å². The smallest absolute Gasteiger partial charge is 0.242 e. The first-order chi connectivity index (χ1) is 9.59. The summed E-state index contributed by atoms with van der Waals surface area (Å²) in [5.41, 5.74) is 0. The normalized spacial score (nSPS) is 29.1. The molecule has 0 radical (unpaired) electrons. The summed E-state index contributed by atoms with van der Waals surface area (Å²) in [6.07, 6.45) is 4.93. The van der Waals surface area contributed by atoms with Crippen LogP contribution >= 0.6 is 24.8 Å². The Morgan fingerprint density at radius 3 is 2.73 bits per heavy atom. The van der Waals surface area contributed by atoms with Crippen LogP contribution in [0.4, 0.5) is 0 Å². The van der Waals surface area contributed by atoms with Crippen LogP contribution in [-0.4, -0.2) is 74.2 Å². The largest absolute Gasteiger partial charge is 0.375 e. The first-order valence-corrected chi connectivity index (χ1v) is 7.90. The number of nitrogens with zero attached hydrogens (tertiary/aromatic N) is 2. The van der Waals surface area contributed by atoms with Crippen LogP contribution in [0.25, 0.3) is 0 Å². The van der Waals surface area contributed by atoms with E-state index in [0.29, 0.717) is 12.6 Å². The number of carbonyl (C=O) groups excluding carboxylic acids is 1. The number of amides is 1. The number of halogens is 2. The van der Waals surface area contributed by atoms with Crippen molar-refractivity contribution in [2.24, 2.45) is 0 Å². The van der Waals surface area contributed by atoms with Gasteiger partial charge in [0.05, 0.1) is 12.7 Å². The minimum atomic E-state index is -0.183. The maximum absolute atomic E-state index is 12.4. The van der Waals surface area contributed by atoms with E-state index in [2.05, 4.69) is 17.3 Å². The van der Waals surface area contributed by atoms with Crippen LogP contribution < -0.4 is 5.32 Å². The lowest BCUT2D eigenvalue weighted by atomic mass is 10.00. The van der Waals surface area contributed by atoms with Crippen LogP contribution in [0, 0.1) is 0 Å². The van der Waals surface area contributed by atoms with E-state index in [4.69, 9.17) is 4.74 Å². The van der Waals surface area contributed by atoms with Crippen LogP contribution in [0.5, 0.6) is 0 Å². The molecule has 0 aromatic heterocycles. The van der Waals surface area contributed by atoms with Gasteiger partial charge in [-0.3, -0.25) is 4.79 Å². The van der Waals surface area contributed by atoms with Gasteiger partial charge in [0, 0.05) is 26.2 Å². The van der Waals surface area contributed by atoms with Gasteiger partial charge in [-0.15, -0.1) is 24.8 Å². The average Bonchev–Trinajstić information content (AvgIpc) is 2.46. The number of nitrogens with one attached hydrogen (secondary N) is 1. The van der Waals surface area contributed by atoms with E-state index in [1.807, 2.05) is 18.9 Å². The number of likely N-dealkylation sites (tertiary alicyclic amines) is 1. The number of hydrogen-bond acceptors (Lipinski definition) is 4. The average molecular weight is 356 g/mol. The zero-order valence-corrected chi connectivity index (χ0v) is 15.5. The molecular formula is C15H31Cl2N3O2. The molecule has 0 saturated carbocycles. The molecule has 1 N–H and O–H groups in total. The zero-order valence-electron chi connectivity index (χ0n) is 13.9. The van der Waals surface area contributed by atoms with Gasteiger partial charge in [-0.1, -0.05) is 6.42 Å². The molecule has 2 aliphatic rings. The second-order valence-electron chi connectivity index (χ2n) is 6.19. The summed E-state index contributed by atoms with van der Waals surface area (Å²) in [5, 5.41) is 3.27. The fourth-order valence-electron chi connectivity index (χ4n) is 3.21. The minimum absolute atomic E-state index is 0. The van der Waals surface area contributed by atoms with Crippen molar-refractivity contribution < 1.29 is 9.53 Å². The molecule has 0 aromatic carbocycles. The van der Waals surface area contributed by atoms with E-state index in [0.717, 1.165) is 19.5 Å². The Labute approximate surface area is 146 Å². The Balaban J connectivity index is 0.00000220. The molecule has 1 unspecified atom stereocenters. The van der Waals surface area contributed by atoms with Crippen molar-refractivity contribution in [3.63, 3.8) is 0 Å². The number of hydrogen-bond donors (Lipinski definition) is 1. The van der Waals surface area contributed by atoms with Crippen molar-refractivity contribution >= 4 is 30.7 Å². The Bertz CT molecular complexity index is 334. The molecule has 2 fully saturated rings. The van der Waals surface area contributed by atoms with Crippen molar-refractivity contribution in [3.8, 4) is 0 Å². The van der Waals surface area contributed by atoms with Crippen molar-refractivity contribution in [1.29, 1.82) is 0 Å². The SMILES string of the molecule is C[C@H]1OCCN[C@@H]1C(=O)N(C)CCC1CCCCN1C.Cl.Cl. The molecule has 5 nitrogen and oxygen atoms in total. The summed E-state index contributed by atoms with van der Waals surface area (Å²) in [4.78, 5) is 16.7. The van der Waals surface area contributed by atoms with E-state index in [-0.39, 0.29) is 42.9 Å². The third kappa shape index (κ3) is 5.85. The molecule has 0 aliphatic carbocycles. The molecule has 0 spiro atoms. The van der Waals surface area contributed by atoms with Crippen LogP contribution in [0.1, 0.15) is 32.6 Å². The Morgan fingerprint density at radius 1 is 1.36 bits per heavy atom. The second-order valence-corrected chi connectivity index (χ2v) is 6.19. The molecule has 2 heterocycles. The lowest BCUT2D eigenvalue weighted by Crippen LogP contribution is -2.56. The van der Waals surface area contributed by atoms with E-state index in [1.54, 1.807) is 0 Å². The predicted molar refractivity (Wildman–Crippen MR) is 94.2 cm³/mol. The van der Waals surface area contributed by atoms with Gasteiger partial charge in [0.25, 0.3) is 0 Å². The van der Waals surface area contributed by atoms with Gasteiger partial charge in [0.15, 0.2) is 0 Å². The summed E-state index contributed by atoms with van der Waals surface area (Å²) in [6, 6.07) is 0.449. The number of morpholine rings is 1. The van der Waals surface area contributed by atoms with Crippen molar-refractivity contribution in [1.82, 2.24) is 15.1 Å². The van der Waals surface area contributed by atoms with Gasteiger partial charge < -0.3 is 19.9 Å². The number of ether oxygens (including phenoxy) is 1. The van der Waals surface area contributed by atoms with E-state index in [9.17, 15) is 4.79 Å². The molecule has 0 bridgehead atoms. The van der Waals surface area contributed by atoms with Gasteiger partial charge in [0.1, 0.15) is 6.04 Å².